The number of esters is 1. The second kappa shape index (κ2) is 8.24. The van der Waals surface area contributed by atoms with Crippen molar-refractivity contribution >= 4 is 16.7 Å². The van der Waals surface area contributed by atoms with Crippen LogP contribution in [0.1, 0.15) is 58.9 Å². The van der Waals surface area contributed by atoms with E-state index in [9.17, 15) is 9.90 Å². The Hall–Kier alpha value is -2.23. The van der Waals surface area contributed by atoms with Crippen LogP contribution in [0.5, 0.6) is 17.2 Å². The number of aromatic hydroxyl groups is 1. The third kappa shape index (κ3) is 4.25. The average Bonchev–Trinajstić information content (AvgIpc) is 2.58. The first-order valence-electron chi connectivity index (χ1n) is 9.03. The number of ether oxygens (including phenoxy) is 2. The molecule has 0 amide bonds. The quantitative estimate of drug-likeness (QED) is 0.539. The van der Waals surface area contributed by atoms with Crippen molar-refractivity contribution in [2.75, 3.05) is 6.61 Å². The molecule has 0 saturated carbocycles. The van der Waals surface area contributed by atoms with Gasteiger partial charge < -0.3 is 14.6 Å². The molecule has 2 rings (SSSR count). The summed E-state index contributed by atoms with van der Waals surface area (Å²) < 4.78 is 11.2. The molecule has 1 N–H and O–H groups in total. The molecule has 2 aromatic rings. The number of fused-ring (bicyclic) bond motifs is 1. The maximum atomic E-state index is 12.4. The average molecular weight is 344 g/mol. The molecule has 0 aliphatic heterocycles. The summed E-state index contributed by atoms with van der Waals surface area (Å²) in [7, 11) is 0. The summed E-state index contributed by atoms with van der Waals surface area (Å²) in [6.07, 6.45) is 1.71. The Balaban J connectivity index is 2.55. The van der Waals surface area contributed by atoms with Gasteiger partial charge in [-0.15, -0.1) is 0 Å². The summed E-state index contributed by atoms with van der Waals surface area (Å²) in [6, 6.07) is 7.42. The first-order valence-corrected chi connectivity index (χ1v) is 9.03. The van der Waals surface area contributed by atoms with E-state index >= 15 is 0 Å². The number of carbonyl (C=O) groups is 1. The van der Waals surface area contributed by atoms with Gasteiger partial charge in [-0.3, -0.25) is 4.79 Å². The Morgan fingerprint density at radius 1 is 1.08 bits per heavy atom. The number of hydrogen-bond acceptors (Lipinski definition) is 4. The number of carbonyl (C=O) groups excluding carboxylic acids is 1. The number of phenolic OH excluding ortho intramolecular Hbond substituents is 1. The van der Waals surface area contributed by atoms with E-state index in [2.05, 4.69) is 13.8 Å². The maximum Gasteiger partial charge on any atom is 0.314 e. The van der Waals surface area contributed by atoms with Crippen LogP contribution < -0.4 is 9.47 Å². The molecule has 0 heterocycles. The predicted molar refractivity (Wildman–Crippen MR) is 101 cm³/mol. The molecule has 1 atom stereocenters. The molecule has 0 spiro atoms. The van der Waals surface area contributed by atoms with Gasteiger partial charge in [-0.2, -0.15) is 0 Å². The molecule has 0 aliphatic carbocycles. The SMILES string of the molecule is CCCC(C)C(=O)Oc1cc(OCC)c(O)c2ccc(C(C)C)cc12. The fraction of sp³-hybridized carbons (Fsp3) is 0.476. The maximum absolute atomic E-state index is 12.4. The van der Waals surface area contributed by atoms with Crippen molar-refractivity contribution in [3.63, 3.8) is 0 Å². The molecule has 1 unspecified atom stereocenters. The fourth-order valence-electron chi connectivity index (χ4n) is 2.84. The molecule has 2 aromatic carbocycles. The van der Waals surface area contributed by atoms with Gasteiger partial charge in [-0.05, 0) is 30.9 Å². The van der Waals surface area contributed by atoms with Crippen molar-refractivity contribution in [2.45, 2.75) is 53.4 Å². The summed E-state index contributed by atoms with van der Waals surface area (Å²) in [5.41, 5.74) is 1.12. The predicted octanol–water partition coefficient (Wildman–Crippen LogP) is 5.41. The molecule has 0 radical (unpaired) electrons. The van der Waals surface area contributed by atoms with Crippen LogP contribution >= 0.6 is 0 Å². The Kier molecular flexibility index (Phi) is 6.29. The highest BCUT2D eigenvalue weighted by Crippen LogP contribution is 2.42. The van der Waals surface area contributed by atoms with E-state index in [-0.39, 0.29) is 17.6 Å². The fourth-order valence-corrected chi connectivity index (χ4v) is 2.84. The van der Waals surface area contributed by atoms with Gasteiger partial charge in [0.1, 0.15) is 5.75 Å². The molecule has 0 fully saturated rings. The van der Waals surface area contributed by atoms with Crippen LogP contribution in [0.3, 0.4) is 0 Å². The molecule has 0 aromatic heterocycles. The Morgan fingerprint density at radius 3 is 2.40 bits per heavy atom. The van der Waals surface area contributed by atoms with E-state index in [4.69, 9.17) is 9.47 Å². The highest BCUT2D eigenvalue weighted by Gasteiger charge is 2.20. The number of benzene rings is 2. The van der Waals surface area contributed by atoms with Crippen molar-refractivity contribution in [3.8, 4) is 17.2 Å². The second-order valence-electron chi connectivity index (χ2n) is 6.73. The van der Waals surface area contributed by atoms with E-state index in [0.717, 1.165) is 23.8 Å². The van der Waals surface area contributed by atoms with Crippen LogP contribution in [-0.2, 0) is 4.79 Å². The second-order valence-corrected chi connectivity index (χ2v) is 6.73. The molecule has 0 bridgehead atoms. The van der Waals surface area contributed by atoms with Crippen LogP contribution in [0.15, 0.2) is 24.3 Å². The number of rotatable bonds is 7. The lowest BCUT2D eigenvalue weighted by atomic mass is 9.98. The molecule has 0 aliphatic rings. The third-order valence-corrected chi connectivity index (χ3v) is 4.36. The van der Waals surface area contributed by atoms with E-state index in [1.165, 1.54) is 0 Å². The van der Waals surface area contributed by atoms with Crippen molar-refractivity contribution in [2.24, 2.45) is 5.92 Å². The summed E-state index contributed by atoms with van der Waals surface area (Å²) >= 11 is 0. The van der Waals surface area contributed by atoms with Gasteiger partial charge in [0.15, 0.2) is 11.5 Å². The van der Waals surface area contributed by atoms with Gasteiger partial charge in [0.05, 0.1) is 12.5 Å². The lowest BCUT2D eigenvalue weighted by Crippen LogP contribution is -2.17. The standard InChI is InChI=1S/C21H28O4/c1-6-8-14(5)21(23)25-18-12-19(24-7-2)20(22)16-10-9-15(13(3)4)11-17(16)18/h9-14,22H,6-8H2,1-5H3. The van der Waals surface area contributed by atoms with E-state index in [1.54, 1.807) is 6.07 Å². The molecule has 4 heteroatoms. The van der Waals surface area contributed by atoms with Crippen LogP contribution in [0.4, 0.5) is 0 Å². The lowest BCUT2D eigenvalue weighted by Gasteiger charge is -2.16. The van der Waals surface area contributed by atoms with Gasteiger partial charge in [-0.25, -0.2) is 0 Å². The minimum Gasteiger partial charge on any atom is -0.504 e. The molecule has 136 valence electrons. The molecule has 25 heavy (non-hydrogen) atoms. The summed E-state index contributed by atoms with van der Waals surface area (Å²) in [4.78, 5) is 12.4. The third-order valence-electron chi connectivity index (χ3n) is 4.36. The minimum atomic E-state index is -0.258. The highest BCUT2D eigenvalue weighted by atomic mass is 16.5. The first kappa shape index (κ1) is 19.1. The van der Waals surface area contributed by atoms with E-state index in [1.807, 2.05) is 39.0 Å². The van der Waals surface area contributed by atoms with Crippen molar-refractivity contribution in [1.29, 1.82) is 0 Å². The Labute approximate surface area is 149 Å². The molecular formula is C21H28O4. The van der Waals surface area contributed by atoms with Gasteiger partial charge in [0.25, 0.3) is 0 Å². The van der Waals surface area contributed by atoms with Crippen LogP contribution in [0.25, 0.3) is 10.8 Å². The zero-order valence-electron chi connectivity index (χ0n) is 15.8. The Morgan fingerprint density at radius 2 is 1.80 bits per heavy atom. The largest absolute Gasteiger partial charge is 0.504 e. The summed E-state index contributed by atoms with van der Waals surface area (Å²) in [5, 5.41) is 11.8. The van der Waals surface area contributed by atoms with Gasteiger partial charge in [-0.1, -0.05) is 46.2 Å². The molecular weight excluding hydrogens is 316 g/mol. The summed E-state index contributed by atoms with van der Waals surface area (Å²) in [5.74, 6) is 0.753. The normalized spacial score (nSPS) is 12.4. The topological polar surface area (TPSA) is 55.8 Å². The van der Waals surface area contributed by atoms with Gasteiger partial charge in [0.2, 0.25) is 0 Å². The van der Waals surface area contributed by atoms with Crippen molar-refractivity contribution < 1.29 is 19.4 Å². The van der Waals surface area contributed by atoms with Crippen molar-refractivity contribution in [1.82, 2.24) is 0 Å². The Bertz CT molecular complexity index is 749. The van der Waals surface area contributed by atoms with Gasteiger partial charge in [0, 0.05) is 16.8 Å². The van der Waals surface area contributed by atoms with Crippen LogP contribution in [-0.4, -0.2) is 17.7 Å². The summed E-state index contributed by atoms with van der Waals surface area (Å²) in [6.45, 7) is 10.4. The zero-order valence-corrected chi connectivity index (χ0v) is 15.8. The number of hydrogen-bond donors (Lipinski definition) is 1. The molecule has 4 nitrogen and oxygen atoms in total. The lowest BCUT2D eigenvalue weighted by molar-refractivity contribution is -0.138. The van der Waals surface area contributed by atoms with E-state index < -0.39 is 0 Å². The highest BCUT2D eigenvalue weighted by molar-refractivity contribution is 5.97. The van der Waals surface area contributed by atoms with Crippen LogP contribution in [0.2, 0.25) is 0 Å². The smallest absolute Gasteiger partial charge is 0.314 e. The van der Waals surface area contributed by atoms with Gasteiger partial charge >= 0.3 is 5.97 Å². The zero-order chi connectivity index (χ0) is 18.6. The van der Waals surface area contributed by atoms with Crippen molar-refractivity contribution in [3.05, 3.63) is 29.8 Å². The minimum absolute atomic E-state index is 0.0774. The monoisotopic (exact) mass is 344 g/mol. The first-order chi connectivity index (χ1) is 11.9. The van der Waals surface area contributed by atoms with Crippen LogP contribution in [0, 0.1) is 5.92 Å². The van der Waals surface area contributed by atoms with E-state index in [0.29, 0.717) is 29.4 Å². The number of phenols is 1. The molecule has 0 saturated heterocycles.